The summed E-state index contributed by atoms with van der Waals surface area (Å²) < 4.78 is 14.8. The maximum Gasteiger partial charge on any atom is 0.123 e. The Morgan fingerprint density at radius 2 is 2.05 bits per heavy atom. The summed E-state index contributed by atoms with van der Waals surface area (Å²) in [7, 11) is 0. The Kier molecular flexibility index (Phi) is 4.85. The maximum atomic E-state index is 13.0. The number of aromatic nitrogens is 2. The zero-order chi connectivity index (χ0) is 15.4. The third kappa shape index (κ3) is 3.54. The van der Waals surface area contributed by atoms with Crippen LogP contribution in [-0.2, 0) is 6.54 Å². The molecule has 0 amide bonds. The Labute approximate surface area is 130 Å². The summed E-state index contributed by atoms with van der Waals surface area (Å²) in [6.07, 6.45) is 8.33. The Morgan fingerprint density at radius 1 is 1.23 bits per heavy atom. The molecule has 1 saturated heterocycles. The van der Waals surface area contributed by atoms with Crippen LogP contribution < -0.4 is 0 Å². The summed E-state index contributed by atoms with van der Waals surface area (Å²) in [4.78, 5) is 2.44. The van der Waals surface area contributed by atoms with Crippen LogP contribution in [0, 0.1) is 5.82 Å². The van der Waals surface area contributed by atoms with Crippen molar-refractivity contribution in [1.29, 1.82) is 0 Å². The smallest absolute Gasteiger partial charge is 0.123 e. The van der Waals surface area contributed by atoms with E-state index in [2.05, 4.69) is 10.00 Å². The molecule has 0 aliphatic carbocycles. The van der Waals surface area contributed by atoms with Crippen LogP contribution in [0.3, 0.4) is 0 Å². The van der Waals surface area contributed by atoms with Crippen molar-refractivity contribution in [2.75, 3.05) is 13.2 Å². The van der Waals surface area contributed by atoms with Crippen molar-refractivity contribution >= 4 is 0 Å². The van der Waals surface area contributed by atoms with Crippen molar-refractivity contribution in [1.82, 2.24) is 14.7 Å². The van der Waals surface area contributed by atoms with Gasteiger partial charge in [-0.3, -0.25) is 4.90 Å². The van der Waals surface area contributed by atoms with E-state index in [1.165, 1.54) is 25.0 Å². The molecule has 4 nitrogen and oxygen atoms in total. The lowest BCUT2D eigenvalue weighted by molar-refractivity contribution is 0.112. The lowest BCUT2D eigenvalue weighted by atomic mass is 9.99. The number of halogens is 1. The first-order chi connectivity index (χ1) is 10.8. The molecular weight excluding hydrogens is 281 g/mol. The van der Waals surface area contributed by atoms with E-state index in [1.54, 1.807) is 16.8 Å². The van der Waals surface area contributed by atoms with Crippen molar-refractivity contribution < 1.29 is 9.50 Å². The number of benzene rings is 1. The topological polar surface area (TPSA) is 41.3 Å². The average molecular weight is 303 g/mol. The van der Waals surface area contributed by atoms with E-state index < -0.39 is 0 Å². The molecule has 1 N–H and O–H groups in total. The quantitative estimate of drug-likeness (QED) is 0.923. The molecular formula is C17H22FN3O. The summed E-state index contributed by atoms with van der Waals surface area (Å²) in [5, 5.41) is 13.6. The number of aliphatic hydroxyl groups excluding tert-OH is 1. The molecule has 0 bridgehead atoms. The normalized spacial score (nSPS) is 19.5. The van der Waals surface area contributed by atoms with Crippen LogP contribution in [-0.4, -0.2) is 39.0 Å². The number of hydrogen-bond donors (Lipinski definition) is 1. The number of rotatable bonds is 5. The second kappa shape index (κ2) is 7.03. The fourth-order valence-corrected chi connectivity index (χ4v) is 3.16. The SMILES string of the molecule is OCCC1CCCCN1Cc1cnn(-c2ccc(F)cc2)c1. The Bertz CT molecular complexity index is 594. The summed E-state index contributed by atoms with van der Waals surface area (Å²) in [6, 6.07) is 6.80. The van der Waals surface area contributed by atoms with Gasteiger partial charge in [-0.15, -0.1) is 0 Å². The minimum Gasteiger partial charge on any atom is -0.396 e. The van der Waals surface area contributed by atoms with Gasteiger partial charge in [0.2, 0.25) is 0 Å². The Hall–Kier alpha value is -1.72. The van der Waals surface area contributed by atoms with Crippen LogP contribution in [0.4, 0.5) is 4.39 Å². The fraction of sp³-hybridized carbons (Fsp3) is 0.471. The molecule has 1 aliphatic heterocycles. The lowest BCUT2D eigenvalue weighted by Gasteiger charge is -2.35. The summed E-state index contributed by atoms with van der Waals surface area (Å²) in [5.74, 6) is -0.240. The van der Waals surface area contributed by atoms with E-state index in [9.17, 15) is 9.50 Å². The monoisotopic (exact) mass is 303 g/mol. The van der Waals surface area contributed by atoms with Crippen molar-refractivity contribution in [2.45, 2.75) is 38.3 Å². The maximum absolute atomic E-state index is 13.0. The fourth-order valence-electron chi connectivity index (χ4n) is 3.16. The van der Waals surface area contributed by atoms with Gasteiger partial charge < -0.3 is 5.11 Å². The van der Waals surface area contributed by atoms with Gasteiger partial charge in [0.25, 0.3) is 0 Å². The van der Waals surface area contributed by atoms with Gasteiger partial charge in [0.05, 0.1) is 11.9 Å². The number of hydrogen-bond acceptors (Lipinski definition) is 3. The molecule has 2 heterocycles. The number of likely N-dealkylation sites (tertiary alicyclic amines) is 1. The van der Waals surface area contributed by atoms with Gasteiger partial charge in [0, 0.05) is 31.0 Å². The molecule has 0 radical (unpaired) electrons. The number of piperidine rings is 1. The van der Waals surface area contributed by atoms with Crippen molar-refractivity contribution in [2.24, 2.45) is 0 Å². The van der Waals surface area contributed by atoms with Crippen LogP contribution in [0.25, 0.3) is 5.69 Å². The third-order valence-corrected chi connectivity index (χ3v) is 4.32. The Balaban J connectivity index is 1.69. The molecule has 2 aromatic rings. The van der Waals surface area contributed by atoms with Gasteiger partial charge in [0.1, 0.15) is 5.82 Å². The van der Waals surface area contributed by atoms with Gasteiger partial charge in [0.15, 0.2) is 0 Å². The van der Waals surface area contributed by atoms with Gasteiger partial charge in [-0.1, -0.05) is 6.42 Å². The second-order valence-corrected chi connectivity index (χ2v) is 5.90. The van der Waals surface area contributed by atoms with E-state index in [0.29, 0.717) is 6.04 Å². The highest BCUT2D eigenvalue weighted by Gasteiger charge is 2.22. The lowest BCUT2D eigenvalue weighted by Crippen LogP contribution is -2.39. The first kappa shape index (κ1) is 15.2. The van der Waals surface area contributed by atoms with Crippen LogP contribution in [0.1, 0.15) is 31.2 Å². The highest BCUT2D eigenvalue weighted by atomic mass is 19.1. The third-order valence-electron chi connectivity index (χ3n) is 4.32. The first-order valence-electron chi connectivity index (χ1n) is 7.90. The van der Waals surface area contributed by atoms with Gasteiger partial charge >= 0.3 is 0 Å². The van der Waals surface area contributed by atoms with E-state index in [-0.39, 0.29) is 12.4 Å². The molecule has 5 heteroatoms. The van der Waals surface area contributed by atoms with Crippen molar-refractivity contribution in [3.8, 4) is 5.69 Å². The van der Waals surface area contributed by atoms with Gasteiger partial charge in [-0.2, -0.15) is 5.10 Å². The molecule has 0 spiro atoms. The molecule has 118 valence electrons. The number of nitrogens with zero attached hydrogens (tertiary/aromatic N) is 3. The van der Waals surface area contributed by atoms with E-state index in [1.807, 2.05) is 12.4 Å². The number of aliphatic hydroxyl groups is 1. The van der Waals surface area contributed by atoms with Crippen LogP contribution >= 0.6 is 0 Å². The highest BCUT2D eigenvalue weighted by Crippen LogP contribution is 2.22. The van der Waals surface area contributed by atoms with Crippen LogP contribution in [0.5, 0.6) is 0 Å². The first-order valence-corrected chi connectivity index (χ1v) is 7.90. The predicted octanol–water partition coefficient (Wildman–Crippen LogP) is 2.75. The molecule has 1 unspecified atom stereocenters. The summed E-state index contributed by atoms with van der Waals surface area (Å²) in [6.45, 7) is 2.17. The molecule has 22 heavy (non-hydrogen) atoms. The van der Waals surface area contributed by atoms with Crippen molar-refractivity contribution in [3.63, 3.8) is 0 Å². The zero-order valence-electron chi connectivity index (χ0n) is 12.7. The molecule has 0 saturated carbocycles. The average Bonchev–Trinajstić information content (AvgIpc) is 2.99. The molecule has 1 aromatic heterocycles. The van der Waals surface area contributed by atoms with Crippen LogP contribution in [0.15, 0.2) is 36.7 Å². The molecule has 1 atom stereocenters. The molecule has 1 aromatic carbocycles. The van der Waals surface area contributed by atoms with Crippen LogP contribution in [0.2, 0.25) is 0 Å². The molecule has 3 rings (SSSR count). The van der Waals surface area contributed by atoms with Gasteiger partial charge in [-0.25, -0.2) is 9.07 Å². The summed E-state index contributed by atoms with van der Waals surface area (Å²) in [5.41, 5.74) is 2.01. The predicted molar refractivity (Wildman–Crippen MR) is 83.3 cm³/mol. The van der Waals surface area contributed by atoms with Gasteiger partial charge in [-0.05, 0) is 50.1 Å². The zero-order valence-corrected chi connectivity index (χ0v) is 12.7. The molecule has 1 aliphatic rings. The summed E-state index contributed by atoms with van der Waals surface area (Å²) >= 11 is 0. The van der Waals surface area contributed by atoms with E-state index in [4.69, 9.17) is 0 Å². The highest BCUT2D eigenvalue weighted by molar-refractivity contribution is 5.31. The minimum atomic E-state index is -0.240. The second-order valence-electron chi connectivity index (χ2n) is 5.90. The largest absolute Gasteiger partial charge is 0.396 e. The van der Waals surface area contributed by atoms with Crippen molar-refractivity contribution in [3.05, 3.63) is 48.0 Å². The Morgan fingerprint density at radius 3 is 2.82 bits per heavy atom. The molecule has 1 fully saturated rings. The van der Waals surface area contributed by atoms with E-state index in [0.717, 1.165) is 37.2 Å². The minimum absolute atomic E-state index is 0.240. The standard InChI is InChI=1S/C17H22FN3O/c18-15-4-6-17(7-5-15)21-13-14(11-19-21)12-20-9-2-1-3-16(20)8-10-22/h4-7,11,13,16,22H,1-3,8-10,12H2. The van der Waals surface area contributed by atoms with E-state index >= 15 is 0 Å².